The van der Waals surface area contributed by atoms with Crippen LogP contribution in [-0.4, -0.2) is 55.1 Å². The summed E-state index contributed by atoms with van der Waals surface area (Å²) in [5.41, 5.74) is 4.31. The predicted molar refractivity (Wildman–Crippen MR) is 150 cm³/mol. The van der Waals surface area contributed by atoms with Gasteiger partial charge < -0.3 is 10.1 Å². The number of nitrogens with zero attached hydrogens (tertiary/aromatic N) is 3. The SMILES string of the molecule is CC/C(Nc1ccc(F)cc1)=C(/C)CC1(CN2CCOCC2)CN(Sc2ccc(C#N)cc2)CCC1C. The van der Waals surface area contributed by atoms with E-state index in [9.17, 15) is 4.39 Å². The molecule has 4 rings (SSSR count). The van der Waals surface area contributed by atoms with Crippen molar-refractivity contribution in [1.29, 1.82) is 5.26 Å². The molecule has 0 amide bonds. The molecule has 0 spiro atoms. The van der Waals surface area contributed by atoms with Gasteiger partial charge in [-0.15, -0.1) is 0 Å². The Morgan fingerprint density at radius 3 is 2.49 bits per heavy atom. The molecular weight excluding hydrogens is 483 g/mol. The van der Waals surface area contributed by atoms with Gasteiger partial charge in [0, 0.05) is 54.4 Å². The summed E-state index contributed by atoms with van der Waals surface area (Å²) in [5, 5.41) is 12.7. The fourth-order valence-corrected chi connectivity index (χ4v) is 6.66. The van der Waals surface area contributed by atoms with Crippen molar-refractivity contribution in [2.75, 3.05) is 51.3 Å². The second kappa shape index (κ2) is 12.9. The Kier molecular flexibility index (Phi) is 9.66. The molecule has 2 unspecified atom stereocenters. The van der Waals surface area contributed by atoms with E-state index in [-0.39, 0.29) is 11.2 Å². The Balaban J connectivity index is 1.58. The van der Waals surface area contributed by atoms with Crippen LogP contribution >= 0.6 is 11.9 Å². The first-order chi connectivity index (χ1) is 17.9. The minimum atomic E-state index is -0.218. The highest BCUT2D eigenvalue weighted by atomic mass is 32.2. The molecule has 1 N–H and O–H groups in total. The average molecular weight is 523 g/mol. The van der Waals surface area contributed by atoms with Crippen molar-refractivity contribution >= 4 is 17.6 Å². The molecule has 2 saturated heterocycles. The predicted octanol–water partition coefficient (Wildman–Crippen LogP) is 6.55. The zero-order chi connectivity index (χ0) is 26.3. The molecule has 0 aliphatic carbocycles. The lowest BCUT2D eigenvalue weighted by Crippen LogP contribution is -2.53. The third-order valence-electron chi connectivity index (χ3n) is 7.83. The first-order valence-electron chi connectivity index (χ1n) is 13.3. The van der Waals surface area contributed by atoms with Crippen LogP contribution in [0.2, 0.25) is 0 Å². The molecule has 2 heterocycles. The molecule has 7 heteroatoms. The normalized spacial score (nSPS) is 23.8. The van der Waals surface area contributed by atoms with Crippen LogP contribution in [-0.2, 0) is 4.74 Å². The molecule has 2 aromatic carbocycles. The van der Waals surface area contributed by atoms with Crippen molar-refractivity contribution in [3.8, 4) is 6.07 Å². The first kappa shape index (κ1) is 27.7. The van der Waals surface area contributed by atoms with Gasteiger partial charge in [0.15, 0.2) is 0 Å². The van der Waals surface area contributed by atoms with Crippen LogP contribution in [0.3, 0.4) is 0 Å². The number of ether oxygens (including phenoxy) is 1. The molecule has 0 saturated carbocycles. The number of piperidine rings is 1. The van der Waals surface area contributed by atoms with Crippen LogP contribution in [0.4, 0.5) is 10.1 Å². The summed E-state index contributed by atoms with van der Waals surface area (Å²) >= 11 is 1.81. The number of morpholine rings is 1. The molecule has 0 radical (unpaired) electrons. The lowest BCUT2D eigenvalue weighted by molar-refractivity contribution is -0.0140. The van der Waals surface area contributed by atoms with Crippen molar-refractivity contribution in [2.45, 2.75) is 44.9 Å². The molecule has 0 aromatic heterocycles. The summed E-state index contributed by atoms with van der Waals surface area (Å²) < 4.78 is 21.6. The fraction of sp³-hybridized carbons (Fsp3) is 0.500. The van der Waals surface area contributed by atoms with Gasteiger partial charge in [-0.05, 0) is 92.6 Å². The second-order valence-corrected chi connectivity index (χ2v) is 11.6. The largest absolute Gasteiger partial charge is 0.379 e. The highest BCUT2D eigenvalue weighted by Gasteiger charge is 2.43. The van der Waals surface area contributed by atoms with Gasteiger partial charge in [0.05, 0.1) is 24.8 Å². The van der Waals surface area contributed by atoms with Gasteiger partial charge in [0.25, 0.3) is 0 Å². The molecule has 198 valence electrons. The fourth-order valence-electron chi connectivity index (χ4n) is 5.58. The molecule has 2 aliphatic heterocycles. The molecule has 2 atom stereocenters. The van der Waals surface area contributed by atoms with E-state index < -0.39 is 0 Å². The number of rotatable bonds is 9. The maximum atomic E-state index is 13.4. The van der Waals surface area contributed by atoms with Gasteiger partial charge in [-0.3, -0.25) is 4.90 Å². The summed E-state index contributed by atoms with van der Waals surface area (Å²) in [6.45, 7) is 13.5. The Labute approximate surface area is 225 Å². The molecule has 2 aromatic rings. The molecular formula is C30H39FN4OS. The standard InChI is InChI=1S/C30H39FN4OS/c1-4-29(33-27-9-7-26(31)8-10-27)23(2)19-30(21-34-15-17-36-18-16-34)22-35(14-13-24(30)3)37-28-11-5-25(20-32)6-12-28/h5-12,24,33H,4,13-19,21-22H2,1-3H3/b29-23+. The Bertz CT molecular complexity index is 1090. The van der Waals surface area contributed by atoms with Crippen molar-refractivity contribution < 1.29 is 9.13 Å². The smallest absolute Gasteiger partial charge is 0.123 e. The van der Waals surface area contributed by atoms with E-state index in [4.69, 9.17) is 10.00 Å². The maximum absolute atomic E-state index is 13.4. The average Bonchev–Trinajstić information content (AvgIpc) is 2.91. The van der Waals surface area contributed by atoms with Crippen molar-refractivity contribution in [3.63, 3.8) is 0 Å². The van der Waals surface area contributed by atoms with Crippen LogP contribution < -0.4 is 5.32 Å². The van der Waals surface area contributed by atoms with Crippen molar-refractivity contribution in [3.05, 3.63) is 71.2 Å². The Hall–Kier alpha value is -2.37. The molecule has 2 fully saturated rings. The summed E-state index contributed by atoms with van der Waals surface area (Å²) in [6, 6.07) is 16.7. The topological polar surface area (TPSA) is 51.5 Å². The van der Waals surface area contributed by atoms with E-state index in [1.807, 2.05) is 24.1 Å². The zero-order valence-electron chi connectivity index (χ0n) is 22.3. The van der Waals surface area contributed by atoms with Gasteiger partial charge in [-0.2, -0.15) is 5.26 Å². The van der Waals surface area contributed by atoms with Crippen LogP contribution in [0, 0.1) is 28.5 Å². The minimum Gasteiger partial charge on any atom is -0.379 e. The van der Waals surface area contributed by atoms with Crippen LogP contribution in [0.25, 0.3) is 0 Å². The third-order valence-corrected chi connectivity index (χ3v) is 8.89. The minimum absolute atomic E-state index is 0.101. The molecule has 5 nitrogen and oxygen atoms in total. The number of anilines is 1. The number of hydrogen-bond donors (Lipinski definition) is 1. The first-order valence-corrected chi connectivity index (χ1v) is 14.1. The highest BCUT2D eigenvalue weighted by molar-refractivity contribution is 7.97. The van der Waals surface area contributed by atoms with E-state index >= 15 is 0 Å². The van der Waals surface area contributed by atoms with Crippen LogP contribution in [0.1, 0.15) is 45.6 Å². The van der Waals surface area contributed by atoms with Gasteiger partial charge in [-0.25, -0.2) is 8.70 Å². The quantitative estimate of drug-likeness (QED) is 0.377. The summed E-state index contributed by atoms with van der Waals surface area (Å²) in [5.74, 6) is 0.358. The number of nitriles is 1. The Morgan fingerprint density at radius 1 is 1.14 bits per heavy atom. The van der Waals surface area contributed by atoms with Crippen molar-refractivity contribution in [1.82, 2.24) is 9.21 Å². The van der Waals surface area contributed by atoms with Crippen LogP contribution in [0.5, 0.6) is 0 Å². The van der Waals surface area contributed by atoms with Crippen LogP contribution in [0.15, 0.2) is 64.7 Å². The van der Waals surface area contributed by atoms with E-state index in [2.05, 4.69) is 53.5 Å². The van der Waals surface area contributed by atoms with Gasteiger partial charge in [-0.1, -0.05) is 19.4 Å². The zero-order valence-corrected chi connectivity index (χ0v) is 23.1. The van der Waals surface area contributed by atoms with E-state index in [1.54, 1.807) is 12.1 Å². The number of halogens is 1. The summed E-state index contributed by atoms with van der Waals surface area (Å²) in [4.78, 5) is 3.76. The summed E-state index contributed by atoms with van der Waals surface area (Å²) in [6.07, 6.45) is 3.05. The lowest BCUT2D eigenvalue weighted by atomic mass is 9.68. The second-order valence-electron chi connectivity index (χ2n) is 10.5. The molecule has 2 aliphatic rings. The highest BCUT2D eigenvalue weighted by Crippen LogP contribution is 2.45. The lowest BCUT2D eigenvalue weighted by Gasteiger charge is -2.50. The summed E-state index contributed by atoms with van der Waals surface area (Å²) in [7, 11) is 0. The molecule has 0 bridgehead atoms. The van der Waals surface area contributed by atoms with E-state index in [0.717, 1.165) is 70.9 Å². The van der Waals surface area contributed by atoms with Gasteiger partial charge in [0.2, 0.25) is 0 Å². The number of hydrogen-bond acceptors (Lipinski definition) is 6. The monoisotopic (exact) mass is 522 g/mol. The maximum Gasteiger partial charge on any atom is 0.123 e. The van der Waals surface area contributed by atoms with E-state index in [1.165, 1.54) is 28.3 Å². The van der Waals surface area contributed by atoms with Gasteiger partial charge in [0.1, 0.15) is 5.82 Å². The Morgan fingerprint density at radius 2 is 1.84 bits per heavy atom. The number of allylic oxidation sites excluding steroid dienone is 2. The third kappa shape index (κ3) is 7.36. The molecule has 37 heavy (non-hydrogen) atoms. The van der Waals surface area contributed by atoms with Gasteiger partial charge >= 0.3 is 0 Å². The number of nitrogens with one attached hydrogen (secondary N) is 1. The number of benzene rings is 2. The van der Waals surface area contributed by atoms with E-state index in [0.29, 0.717) is 11.5 Å². The van der Waals surface area contributed by atoms with Crippen molar-refractivity contribution in [2.24, 2.45) is 11.3 Å².